The van der Waals surface area contributed by atoms with Crippen LogP contribution in [0, 0.1) is 0 Å². The Morgan fingerprint density at radius 3 is 1.80 bits per heavy atom. The minimum absolute atomic E-state index is 0.574. The van der Waals surface area contributed by atoms with Crippen LogP contribution in [-0.4, -0.2) is 4.57 Å². The van der Waals surface area contributed by atoms with E-state index in [1.165, 1.54) is 5.56 Å². The molecular weight excluding hydrogens is 349 g/mol. The third kappa shape index (κ3) is 2.82. The maximum Gasteiger partial charge on any atom is 0.0542 e. The molecule has 0 fully saturated rings. The van der Waals surface area contributed by atoms with E-state index in [1.807, 2.05) is 24.3 Å². The van der Waals surface area contributed by atoms with Gasteiger partial charge in [0.05, 0.1) is 11.0 Å². The van der Waals surface area contributed by atoms with Crippen LogP contribution < -0.4 is 0 Å². The number of nitrogens with zero attached hydrogens (tertiary/aromatic N) is 1. The number of hydrogen-bond acceptors (Lipinski definition) is 0. The molecule has 0 N–H and O–H groups in total. The number of hydrogen-bond donors (Lipinski definition) is 0. The van der Waals surface area contributed by atoms with Crippen LogP contribution in [0.5, 0.6) is 0 Å². The van der Waals surface area contributed by atoms with Gasteiger partial charge in [-0.3, -0.25) is 0 Å². The summed E-state index contributed by atoms with van der Waals surface area (Å²) in [6, 6.07) is 20.9. The van der Waals surface area contributed by atoms with Gasteiger partial charge in [-0.1, -0.05) is 49.2 Å². The molecule has 25 heavy (non-hydrogen) atoms. The van der Waals surface area contributed by atoms with Crippen LogP contribution >= 0.6 is 23.2 Å². The van der Waals surface area contributed by atoms with Crippen LogP contribution in [0.1, 0.15) is 31.7 Å². The Kier molecular flexibility index (Phi) is 4.23. The van der Waals surface area contributed by atoms with Gasteiger partial charge in [0, 0.05) is 26.5 Å². The van der Waals surface area contributed by atoms with Crippen molar-refractivity contribution in [3.63, 3.8) is 0 Å². The molecule has 0 aliphatic carbocycles. The monoisotopic (exact) mass is 367 g/mol. The minimum Gasteiger partial charge on any atom is -0.309 e. The highest BCUT2D eigenvalue weighted by atomic mass is 35.5. The van der Waals surface area contributed by atoms with Gasteiger partial charge in [0.1, 0.15) is 0 Å². The van der Waals surface area contributed by atoms with Crippen LogP contribution in [-0.2, 0) is 0 Å². The maximum absolute atomic E-state index is 6.24. The molecule has 4 rings (SSSR count). The van der Waals surface area contributed by atoms with Gasteiger partial charge in [-0.2, -0.15) is 0 Å². The second kappa shape index (κ2) is 6.40. The molecule has 0 saturated heterocycles. The number of benzene rings is 3. The third-order valence-corrected chi connectivity index (χ3v) is 5.49. The summed E-state index contributed by atoms with van der Waals surface area (Å²) in [4.78, 5) is 0. The molecule has 0 saturated carbocycles. The van der Waals surface area contributed by atoms with E-state index in [0.717, 1.165) is 44.0 Å². The highest BCUT2D eigenvalue weighted by Gasteiger charge is 2.13. The van der Waals surface area contributed by atoms with Gasteiger partial charge < -0.3 is 4.57 Å². The number of aromatic nitrogens is 1. The average molecular weight is 368 g/mol. The first-order chi connectivity index (χ1) is 12.1. The summed E-state index contributed by atoms with van der Waals surface area (Å²) in [6.07, 6.45) is 1.14. The normalized spacial score (nSPS) is 12.8. The van der Waals surface area contributed by atoms with E-state index in [2.05, 4.69) is 54.8 Å². The van der Waals surface area contributed by atoms with Crippen molar-refractivity contribution in [2.24, 2.45) is 0 Å². The second-order valence-electron chi connectivity index (χ2n) is 6.56. The molecule has 0 aliphatic rings. The fraction of sp³-hybridized carbons (Fsp3) is 0.182. The zero-order chi connectivity index (χ0) is 17.6. The van der Waals surface area contributed by atoms with Gasteiger partial charge in [0.2, 0.25) is 0 Å². The standard InChI is InChI=1S/C22H19Cl2N/c1-3-14(2)15-4-8-18(9-5-15)25-21-10-6-16(23)12-19(21)20-13-17(24)7-11-22(20)25/h4-14H,3H2,1-2H3. The zero-order valence-corrected chi connectivity index (χ0v) is 15.8. The SMILES string of the molecule is CCC(C)c1ccc(-n2c3ccc(Cl)cc3c3cc(Cl)ccc32)cc1. The van der Waals surface area contributed by atoms with E-state index in [-0.39, 0.29) is 0 Å². The first-order valence-electron chi connectivity index (χ1n) is 8.58. The van der Waals surface area contributed by atoms with Crippen molar-refractivity contribution >= 4 is 45.0 Å². The Morgan fingerprint density at radius 1 is 0.800 bits per heavy atom. The largest absolute Gasteiger partial charge is 0.309 e. The van der Waals surface area contributed by atoms with E-state index in [0.29, 0.717) is 5.92 Å². The molecule has 4 aromatic rings. The molecule has 0 aliphatic heterocycles. The summed E-state index contributed by atoms with van der Waals surface area (Å²) in [5, 5.41) is 3.71. The molecule has 0 bridgehead atoms. The Morgan fingerprint density at radius 2 is 1.32 bits per heavy atom. The average Bonchev–Trinajstić information content (AvgIpc) is 2.94. The van der Waals surface area contributed by atoms with Crippen LogP contribution in [0.25, 0.3) is 27.5 Å². The molecule has 0 amide bonds. The number of halogens is 2. The van der Waals surface area contributed by atoms with Gasteiger partial charge in [0.15, 0.2) is 0 Å². The van der Waals surface area contributed by atoms with Crippen LogP contribution in [0.4, 0.5) is 0 Å². The molecular formula is C22H19Cl2N. The lowest BCUT2D eigenvalue weighted by Crippen LogP contribution is -1.96. The second-order valence-corrected chi connectivity index (χ2v) is 7.43. The first kappa shape index (κ1) is 16.5. The molecule has 1 aromatic heterocycles. The Bertz CT molecular complexity index is 1000. The highest BCUT2D eigenvalue weighted by molar-refractivity contribution is 6.33. The lowest BCUT2D eigenvalue weighted by molar-refractivity contribution is 0.733. The van der Waals surface area contributed by atoms with Gasteiger partial charge >= 0.3 is 0 Å². The molecule has 0 radical (unpaired) electrons. The van der Waals surface area contributed by atoms with Crippen LogP contribution in [0.3, 0.4) is 0 Å². The smallest absolute Gasteiger partial charge is 0.0542 e. The van der Waals surface area contributed by atoms with Crippen molar-refractivity contribution in [2.45, 2.75) is 26.2 Å². The van der Waals surface area contributed by atoms with Gasteiger partial charge in [-0.25, -0.2) is 0 Å². The zero-order valence-electron chi connectivity index (χ0n) is 14.3. The lowest BCUT2D eigenvalue weighted by Gasteiger charge is -2.12. The summed E-state index contributed by atoms with van der Waals surface area (Å²) in [7, 11) is 0. The van der Waals surface area contributed by atoms with Crippen LogP contribution in [0.2, 0.25) is 10.0 Å². The van der Waals surface area contributed by atoms with Crippen molar-refractivity contribution in [1.29, 1.82) is 0 Å². The fourth-order valence-corrected chi connectivity index (χ4v) is 3.78. The molecule has 0 spiro atoms. The molecule has 1 heterocycles. The maximum atomic E-state index is 6.24. The van der Waals surface area contributed by atoms with Crippen molar-refractivity contribution in [3.8, 4) is 5.69 Å². The molecule has 1 unspecified atom stereocenters. The third-order valence-electron chi connectivity index (χ3n) is 5.02. The predicted molar refractivity (Wildman–Crippen MR) is 110 cm³/mol. The van der Waals surface area contributed by atoms with E-state index in [4.69, 9.17) is 23.2 Å². The van der Waals surface area contributed by atoms with Crippen molar-refractivity contribution in [1.82, 2.24) is 4.57 Å². The van der Waals surface area contributed by atoms with E-state index < -0.39 is 0 Å². The number of rotatable bonds is 3. The van der Waals surface area contributed by atoms with E-state index >= 15 is 0 Å². The Labute approximate surface area is 157 Å². The summed E-state index contributed by atoms with van der Waals surface area (Å²) >= 11 is 12.5. The summed E-state index contributed by atoms with van der Waals surface area (Å²) < 4.78 is 2.28. The quantitative estimate of drug-likeness (QED) is 0.351. The lowest BCUT2D eigenvalue weighted by atomic mass is 9.98. The topological polar surface area (TPSA) is 4.93 Å². The van der Waals surface area contributed by atoms with Crippen LogP contribution in [0.15, 0.2) is 60.7 Å². The summed E-state index contributed by atoms with van der Waals surface area (Å²) in [6.45, 7) is 4.48. The molecule has 1 atom stereocenters. The minimum atomic E-state index is 0.574. The van der Waals surface area contributed by atoms with Gasteiger partial charge in [-0.15, -0.1) is 0 Å². The highest BCUT2D eigenvalue weighted by Crippen LogP contribution is 2.35. The molecule has 1 nitrogen and oxygen atoms in total. The summed E-state index contributed by atoms with van der Waals surface area (Å²) in [5.74, 6) is 0.574. The molecule has 3 aromatic carbocycles. The Hall–Kier alpha value is -1.96. The van der Waals surface area contributed by atoms with Gasteiger partial charge in [0.25, 0.3) is 0 Å². The fourth-order valence-electron chi connectivity index (χ4n) is 3.43. The predicted octanol–water partition coefficient (Wildman–Crippen LogP) is 7.60. The van der Waals surface area contributed by atoms with Crippen molar-refractivity contribution in [2.75, 3.05) is 0 Å². The summed E-state index contributed by atoms with van der Waals surface area (Å²) in [5.41, 5.74) is 4.80. The van der Waals surface area contributed by atoms with E-state index in [9.17, 15) is 0 Å². The Balaban J connectivity index is 1.99. The van der Waals surface area contributed by atoms with Gasteiger partial charge in [-0.05, 0) is 66.4 Å². The van der Waals surface area contributed by atoms with Crippen molar-refractivity contribution in [3.05, 3.63) is 76.3 Å². The van der Waals surface area contributed by atoms with E-state index in [1.54, 1.807) is 0 Å². The molecule has 3 heteroatoms. The number of fused-ring (bicyclic) bond motifs is 3. The van der Waals surface area contributed by atoms with Crippen molar-refractivity contribution < 1.29 is 0 Å². The molecule has 126 valence electrons. The first-order valence-corrected chi connectivity index (χ1v) is 9.33.